The zero-order valence-electron chi connectivity index (χ0n) is 14.6. The molecule has 0 fully saturated rings. The highest BCUT2D eigenvalue weighted by Gasteiger charge is 2.22. The fraction of sp³-hybridized carbons (Fsp3) is 0.150. The second-order valence-electron chi connectivity index (χ2n) is 5.85. The van der Waals surface area contributed by atoms with E-state index in [1.807, 2.05) is 36.4 Å². The van der Waals surface area contributed by atoms with Gasteiger partial charge in [-0.15, -0.1) is 0 Å². The number of imide groups is 1. The number of furan rings is 1. The minimum Gasteiger partial charge on any atom is -0.449 e. The standard InChI is InChI=1S/C20H18N2O5/c1-13(18(23)22-20(25)21-12-14-7-3-2-4-8-14)26-19(24)17-11-15-9-5-6-10-16(15)27-17/h2-11,13H,12H2,1H3,(H2,21,22,23,25)/t13-/m0/s1. The molecule has 138 valence electrons. The molecule has 1 heterocycles. The number of esters is 1. The van der Waals surface area contributed by atoms with Crippen molar-refractivity contribution in [3.63, 3.8) is 0 Å². The quantitative estimate of drug-likeness (QED) is 0.677. The van der Waals surface area contributed by atoms with Crippen LogP contribution >= 0.6 is 0 Å². The van der Waals surface area contributed by atoms with Gasteiger partial charge in [0.1, 0.15) is 5.58 Å². The van der Waals surface area contributed by atoms with Crippen LogP contribution in [0, 0.1) is 0 Å². The van der Waals surface area contributed by atoms with Gasteiger partial charge in [-0.3, -0.25) is 10.1 Å². The van der Waals surface area contributed by atoms with Crippen LogP contribution < -0.4 is 10.6 Å². The lowest BCUT2D eigenvalue weighted by Gasteiger charge is -2.12. The van der Waals surface area contributed by atoms with E-state index in [0.29, 0.717) is 5.58 Å². The number of carbonyl (C=O) groups is 3. The second kappa shape index (κ2) is 8.18. The van der Waals surface area contributed by atoms with Crippen LogP contribution in [0.2, 0.25) is 0 Å². The number of ether oxygens (including phenoxy) is 1. The Morgan fingerprint density at radius 3 is 2.48 bits per heavy atom. The lowest BCUT2D eigenvalue weighted by Crippen LogP contribution is -2.44. The first kappa shape index (κ1) is 18.2. The van der Waals surface area contributed by atoms with Crippen molar-refractivity contribution in [1.29, 1.82) is 0 Å². The van der Waals surface area contributed by atoms with Crippen molar-refractivity contribution >= 4 is 28.9 Å². The van der Waals surface area contributed by atoms with E-state index < -0.39 is 24.0 Å². The Morgan fingerprint density at radius 2 is 1.74 bits per heavy atom. The van der Waals surface area contributed by atoms with Gasteiger partial charge in [-0.2, -0.15) is 0 Å². The highest BCUT2D eigenvalue weighted by atomic mass is 16.6. The molecule has 0 aliphatic heterocycles. The number of urea groups is 1. The maximum atomic E-state index is 12.1. The summed E-state index contributed by atoms with van der Waals surface area (Å²) in [5.74, 6) is -1.52. The molecule has 3 rings (SSSR count). The van der Waals surface area contributed by atoms with E-state index in [1.54, 1.807) is 18.2 Å². The fourth-order valence-corrected chi connectivity index (χ4v) is 2.39. The van der Waals surface area contributed by atoms with Crippen LogP contribution in [-0.4, -0.2) is 24.0 Å². The lowest BCUT2D eigenvalue weighted by atomic mass is 10.2. The van der Waals surface area contributed by atoms with Gasteiger partial charge in [0, 0.05) is 11.9 Å². The first-order chi connectivity index (χ1) is 13.0. The maximum absolute atomic E-state index is 12.1. The molecule has 0 aliphatic carbocycles. The van der Waals surface area contributed by atoms with E-state index in [4.69, 9.17) is 9.15 Å². The summed E-state index contributed by atoms with van der Waals surface area (Å²) < 4.78 is 10.5. The SMILES string of the molecule is C[C@H](OC(=O)c1cc2ccccc2o1)C(=O)NC(=O)NCc1ccccc1. The molecular weight excluding hydrogens is 348 g/mol. The summed E-state index contributed by atoms with van der Waals surface area (Å²) in [5, 5.41) is 5.45. The highest BCUT2D eigenvalue weighted by Crippen LogP contribution is 2.19. The molecule has 7 heteroatoms. The number of hydrogen-bond donors (Lipinski definition) is 2. The molecule has 3 aromatic rings. The van der Waals surface area contributed by atoms with E-state index in [2.05, 4.69) is 10.6 Å². The minimum atomic E-state index is -1.16. The average molecular weight is 366 g/mol. The number of nitrogens with one attached hydrogen (secondary N) is 2. The van der Waals surface area contributed by atoms with Crippen molar-refractivity contribution < 1.29 is 23.5 Å². The molecule has 27 heavy (non-hydrogen) atoms. The molecule has 0 aliphatic rings. The van der Waals surface area contributed by atoms with Gasteiger partial charge in [0.15, 0.2) is 6.10 Å². The number of para-hydroxylation sites is 1. The number of hydrogen-bond acceptors (Lipinski definition) is 5. The Labute approximate surface area is 155 Å². The van der Waals surface area contributed by atoms with Crippen molar-refractivity contribution in [1.82, 2.24) is 10.6 Å². The molecule has 0 bridgehead atoms. The first-order valence-corrected chi connectivity index (χ1v) is 8.35. The predicted molar refractivity (Wildman–Crippen MR) is 97.9 cm³/mol. The van der Waals surface area contributed by atoms with Crippen molar-refractivity contribution in [3.8, 4) is 0 Å². The second-order valence-corrected chi connectivity index (χ2v) is 5.85. The number of amides is 3. The summed E-state index contributed by atoms with van der Waals surface area (Å²) in [5.41, 5.74) is 1.44. The van der Waals surface area contributed by atoms with Crippen molar-refractivity contribution in [2.24, 2.45) is 0 Å². The van der Waals surface area contributed by atoms with Gasteiger partial charge in [0.2, 0.25) is 5.76 Å². The number of rotatable bonds is 5. The van der Waals surface area contributed by atoms with Gasteiger partial charge in [0.05, 0.1) is 0 Å². The van der Waals surface area contributed by atoms with E-state index in [9.17, 15) is 14.4 Å². The molecule has 0 saturated heterocycles. The number of carbonyl (C=O) groups excluding carboxylic acids is 3. The van der Waals surface area contributed by atoms with Crippen LogP contribution in [0.5, 0.6) is 0 Å². The molecule has 0 spiro atoms. The molecule has 0 radical (unpaired) electrons. The normalized spacial score (nSPS) is 11.6. The Bertz CT molecular complexity index is 932. The average Bonchev–Trinajstić information content (AvgIpc) is 3.11. The third-order valence-corrected chi connectivity index (χ3v) is 3.81. The molecule has 1 atom stereocenters. The van der Waals surface area contributed by atoms with Gasteiger partial charge in [-0.1, -0.05) is 48.5 Å². The molecule has 2 aromatic carbocycles. The lowest BCUT2D eigenvalue weighted by molar-refractivity contribution is -0.128. The van der Waals surface area contributed by atoms with Crippen molar-refractivity contribution in [2.45, 2.75) is 19.6 Å². The number of fused-ring (bicyclic) bond motifs is 1. The summed E-state index contributed by atoms with van der Waals surface area (Å²) in [6.45, 7) is 1.65. The van der Waals surface area contributed by atoms with Crippen LogP contribution in [0.15, 0.2) is 65.1 Å². The van der Waals surface area contributed by atoms with Gasteiger partial charge < -0.3 is 14.5 Å². The zero-order chi connectivity index (χ0) is 19.2. The van der Waals surface area contributed by atoms with Crippen LogP contribution in [0.1, 0.15) is 23.0 Å². The van der Waals surface area contributed by atoms with E-state index in [-0.39, 0.29) is 12.3 Å². The van der Waals surface area contributed by atoms with Gasteiger partial charge in [-0.25, -0.2) is 9.59 Å². The number of benzene rings is 2. The summed E-state index contributed by atoms with van der Waals surface area (Å²) in [6, 6.07) is 17.2. The van der Waals surface area contributed by atoms with Crippen LogP contribution in [0.4, 0.5) is 4.79 Å². The third kappa shape index (κ3) is 4.72. The van der Waals surface area contributed by atoms with E-state index in [1.165, 1.54) is 13.0 Å². The van der Waals surface area contributed by atoms with Gasteiger partial charge in [-0.05, 0) is 24.6 Å². The van der Waals surface area contributed by atoms with Crippen molar-refractivity contribution in [3.05, 3.63) is 72.0 Å². The van der Waals surface area contributed by atoms with Gasteiger partial charge in [0.25, 0.3) is 5.91 Å². The first-order valence-electron chi connectivity index (χ1n) is 8.35. The summed E-state index contributed by atoms with van der Waals surface area (Å²) in [7, 11) is 0. The smallest absolute Gasteiger partial charge is 0.375 e. The molecule has 0 unspecified atom stereocenters. The molecule has 1 aromatic heterocycles. The van der Waals surface area contributed by atoms with Crippen molar-refractivity contribution in [2.75, 3.05) is 0 Å². The molecule has 7 nitrogen and oxygen atoms in total. The Hall–Kier alpha value is -3.61. The van der Waals surface area contributed by atoms with Crippen LogP contribution in [0.25, 0.3) is 11.0 Å². The van der Waals surface area contributed by atoms with Crippen LogP contribution in [0.3, 0.4) is 0 Å². The monoisotopic (exact) mass is 366 g/mol. The summed E-state index contributed by atoms with van der Waals surface area (Å²) in [6.07, 6.45) is -1.16. The van der Waals surface area contributed by atoms with Gasteiger partial charge >= 0.3 is 12.0 Å². The minimum absolute atomic E-state index is 0.00983. The van der Waals surface area contributed by atoms with Crippen LogP contribution in [-0.2, 0) is 16.1 Å². The van der Waals surface area contributed by atoms with E-state index >= 15 is 0 Å². The zero-order valence-corrected chi connectivity index (χ0v) is 14.6. The molecule has 3 amide bonds. The highest BCUT2D eigenvalue weighted by molar-refractivity contribution is 5.98. The summed E-state index contributed by atoms with van der Waals surface area (Å²) >= 11 is 0. The Kier molecular flexibility index (Phi) is 5.51. The fourth-order valence-electron chi connectivity index (χ4n) is 2.39. The Balaban J connectivity index is 1.50. The Morgan fingerprint density at radius 1 is 1.04 bits per heavy atom. The molecule has 0 saturated carbocycles. The summed E-state index contributed by atoms with van der Waals surface area (Å²) in [4.78, 5) is 36.0. The maximum Gasteiger partial charge on any atom is 0.375 e. The largest absolute Gasteiger partial charge is 0.449 e. The van der Waals surface area contributed by atoms with E-state index in [0.717, 1.165) is 10.9 Å². The predicted octanol–water partition coefficient (Wildman–Crippen LogP) is 3.00. The third-order valence-electron chi connectivity index (χ3n) is 3.81. The molecular formula is C20H18N2O5. The molecule has 2 N–H and O–H groups in total. The topological polar surface area (TPSA) is 97.6 Å².